The van der Waals surface area contributed by atoms with Crippen LogP contribution in [0.2, 0.25) is 0 Å². The summed E-state index contributed by atoms with van der Waals surface area (Å²) in [5, 5.41) is 9.71. The minimum Gasteiger partial charge on any atom is -0.393 e. The van der Waals surface area contributed by atoms with E-state index in [0.717, 1.165) is 5.56 Å². The first-order chi connectivity index (χ1) is 8.99. The first-order valence-corrected chi connectivity index (χ1v) is 7.06. The third-order valence-electron chi connectivity index (χ3n) is 3.97. The molecule has 1 amide bonds. The summed E-state index contributed by atoms with van der Waals surface area (Å²) in [7, 11) is 0. The Hall–Kier alpha value is -1.35. The molecule has 0 bridgehead atoms. The van der Waals surface area contributed by atoms with Crippen molar-refractivity contribution in [2.45, 2.75) is 39.2 Å². The second-order valence-corrected chi connectivity index (χ2v) is 5.86. The maximum absolute atomic E-state index is 12.4. The molecule has 2 unspecified atom stereocenters. The standard InChI is InChI=1S/C16H23NO2/c1-11(2)13-4-6-14(7-5-13)16(19)17-9-8-15(18)12(3)10-17/h4-7,11-12,15,18H,8-10H2,1-3H3. The van der Waals surface area contributed by atoms with Crippen LogP contribution in [0.25, 0.3) is 0 Å². The molecule has 1 aromatic carbocycles. The topological polar surface area (TPSA) is 40.5 Å². The molecule has 1 fully saturated rings. The highest BCUT2D eigenvalue weighted by atomic mass is 16.3. The van der Waals surface area contributed by atoms with Gasteiger partial charge >= 0.3 is 0 Å². The number of piperidine rings is 1. The number of aliphatic hydroxyl groups is 1. The summed E-state index contributed by atoms with van der Waals surface area (Å²) < 4.78 is 0. The molecule has 1 N–H and O–H groups in total. The maximum Gasteiger partial charge on any atom is 0.253 e. The lowest BCUT2D eigenvalue weighted by Gasteiger charge is -2.34. The molecule has 3 heteroatoms. The molecular formula is C16H23NO2. The van der Waals surface area contributed by atoms with Gasteiger partial charge in [-0.2, -0.15) is 0 Å². The monoisotopic (exact) mass is 261 g/mol. The van der Waals surface area contributed by atoms with Gasteiger partial charge in [0.2, 0.25) is 0 Å². The van der Waals surface area contributed by atoms with Gasteiger partial charge in [0.15, 0.2) is 0 Å². The molecule has 0 aliphatic carbocycles. The Kier molecular flexibility index (Phi) is 4.25. The third-order valence-corrected chi connectivity index (χ3v) is 3.97. The lowest BCUT2D eigenvalue weighted by atomic mass is 9.96. The fraction of sp³-hybridized carbons (Fsp3) is 0.562. The number of hydrogen-bond acceptors (Lipinski definition) is 2. The van der Waals surface area contributed by atoms with Crippen molar-refractivity contribution in [3.63, 3.8) is 0 Å². The van der Waals surface area contributed by atoms with E-state index in [-0.39, 0.29) is 17.9 Å². The number of carbonyl (C=O) groups excluding carboxylic acids is 1. The normalized spacial score (nSPS) is 23.7. The van der Waals surface area contributed by atoms with E-state index in [0.29, 0.717) is 25.4 Å². The fourth-order valence-corrected chi connectivity index (χ4v) is 2.51. The van der Waals surface area contributed by atoms with Crippen molar-refractivity contribution >= 4 is 5.91 Å². The maximum atomic E-state index is 12.4. The summed E-state index contributed by atoms with van der Waals surface area (Å²) in [6, 6.07) is 7.88. The second-order valence-electron chi connectivity index (χ2n) is 5.86. The highest BCUT2D eigenvalue weighted by Crippen LogP contribution is 2.20. The van der Waals surface area contributed by atoms with E-state index < -0.39 is 0 Å². The van der Waals surface area contributed by atoms with Crippen LogP contribution in [0.5, 0.6) is 0 Å². The molecule has 2 rings (SSSR count). The minimum atomic E-state index is -0.271. The number of aliphatic hydroxyl groups excluding tert-OH is 1. The van der Waals surface area contributed by atoms with Crippen LogP contribution in [0.15, 0.2) is 24.3 Å². The SMILES string of the molecule is CC(C)c1ccc(C(=O)N2CCC(O)C(C)C2)cc1. The average molecular weight is 261 g/mol. The predicted molar refractivity (Wildman–Crippen MR) is 76.2 cm³/mol. The van der Waals surface area contributed by atoms with Crippen molar-refractivity contribution in [1.82, 2.24) is 4.90 Å². The zero-order valence-electron chi connectivity index (χ0n) is 12.0. The molecule has 104 valence electrons. The number of carbonyl (C=O) groups is 1. The van der Waals surface area contributed by atoms with Crippen molar-refractivity contribution in [2.24, 2.45) is 5.92 Å². The van der Waals surface area contributed by atoms with Gasteiger partial charge in [0.05, 0.1) is 6.10 Å². The van der Waals surface area contributed by atoms with E-state index in [1.807, 2.05) is 36.1 Å². The van der Waals surface area contributed by atoms with Crippen LogP contribution in [0.4, 0.5) is 0 Å². The summed E-state index contributed by atoms with van der Waals surface area (Å²) in [4.78, 5) is 14.2. The molecule has 1 aliphatic rings. The number of benzene rings is 1. The number of nitrogens with zero attached hydrogens (tertiary/aromatic N) is 1. The molecule has 19 heavy (non-hydrogen) atoms. The molecule has 1 aliphatic heterocycles. The molecule has 1 saturated heterocycles. The van der Waals surface area contributed by atoms with Gasteiger partial charge in [0.25, 0.3) is 5.91 Å². The van der Waals surface area contributed by atoms with Gasteiger partial charge in [-0.05, 0) is 36.0 Å². The van der Waals surface area contributed by atoms with Gasteiger partial charge in [-0.3, -0.25) is 4.79 Å². The summed E-state index contributed by atoms with van der Waals surface area (Å²) >= 11 is 0. The zero-order chi connectivity index (χ0) is 14.0. The second kappa shape index (κ2) is 5.74. The third kappa shape index (κ3) is 3.16. The Labute approximate surface area is 115 Å². The molecule has 0 radical (unpaired) electrons. The Bertz CT molecular complexity index is 439. The minimum absolute atomic E-state index is 0.0778. The predicted octanol–water partition coefficient (Wildman–Crippen LogP) is 2.65. The summed E-state index contributed by atoms with van der Waals surface area (Å²) in [6.07, 6.45) is 0.407. The number of rotatable bonds is 2. The van der Waals surface area contributed by atoms with Crippen LogP contribution >= 0.6 is 0 Å². The van der Waals surface area contributed by atoms with Crippen LogP contribution in [0.3, 0.4) is 0 Å². The molecule has 0 aromatic heterocycles. The largest absolute Gasteiger partial charge is 0.393 e. The van der Waals surface area contributed by atoms with Gasteiger partial charge in [0, 0.05) is 18.7 Å². The smallest absolute Gasteiger partial charge is 0.253 e. The van der Waals surface area contributed by atoms with Gasteiger partial charge < -0.3 is 10.0 Å². The highest BCUT2D eigenvalue weighted by Gasteiger charge is 2.27. The lowest BCUT2D eigenvalue weighted by Crippen LogP contribution is -2.44. The van der Waals surface area contributed by atoms with Crippen LogP contribution < -0.4 is 0 Å². The first kappa shape index (κ1) is 14.1. The van der Waals surface area contributed by atoms with E-state index in [1.165, 1.54) is 5.56 Å². The van der Waals surface area contributed by atoms with Gasteiger partial charge in [-0.25, -0.2) is 0 Å². The Morgan fingerprint density at radius 3 is 2.47 bits per heavy atom. The van der Waals surface area contributed by atoms with E-state index >= 15 is 0 Å². The lowest BCUT2D eigenvalue weighted by molar-refractivity contribution is 0.0297. The number of hydrogen-bond donors (Lipinski definition) is 1. The average Bonchev–Trinajstić information content (AvgIpc) is 2.41. The van der Waals surface area contributed by atoms with Crippen molar-refractivity contribution in [1.29, 1.82) is 0 Å². The number of likely N-dealkylation sites (tertiary alicyclic amines) is 1. The Balaban J connectivity index is 2.07. The van der Waals surface area contributed by atoms with Crippen molar-refractivity contribution < 1.29 is 9.90 Å². The quantitative estimate of drug-likeness (QED) is 0.889. The summed E-state index contributed by atoms with van der Waals surface area (Å²) in [6.45, 7) is 7.57. The summed E-state index contributed by atoms with van der Waals surface area (Å²) in [5.41, 5.74) is 1.99. The Morgan fingerprint density at radius 2 is 1.95 bits per heavy atom. The van der Waals surface area contributed by atoms with Crippen LogP contribution in [0, 0.1) is 5.92 Å². The van der Waals surface area contributed by atoms with Crippen molar-refractivity contribution in [3.05, 3.63) is 35.4 Å². The fourth-order valence-electron chi connectivity index (χ4n) is 2.51. The molecule has 1 heterocycles. The van der Waals surface area contributed by atoms with E-state index in [9.17, 15) is 9.90 Å². The molecule has 3 nitrogen and oxygen atoms in total. The first-order valence-electron chi connectivity index (χ1n) is 7.06. The van der Waals surface area contributed by atoms with E-state index in [2.05, 4.69) is 13.8 Å². The van der Waals surface area contributed by atoms with Crippen molar-refractivity contribution in [2.75, 3.05) is 13.1 Å². The zero-order valence-corrected chi connectivity index (χ0v) is 12.0. The highest BCUT2D eigenvalue weighted by molar-refractivity contribution is 5.94. The molecule has 0 spiro atoms. The van der Waals surface area contributed by atoms with E-state index in [4.69, 9.17) is 0 Å². The molecule has 0 saturated carbocycles. The van der Waals surface area contributed by atoms with E-state index in [1.54, 1.807) is 0 Å². The van der Waals surface area contributed by atoms with Crippen LogP contribution in [0.1, 0.15) is 49.0 Å². The summed E-state index contributed by atoms with van der Waals surface area (Å²) in [5.74, 6) is 0.719. The Morgan fingerprint density at radius 1 is 1.32 bits per heavy atom. The van der Waals surface area contributed by atoms with Crippen LogP contribution in [-0.2, 0) is 0 Å². The number of amides is 1. The molecular weight excluding hydrogens is 238 g/mol. The van der Waals surface area contributed by atoms with Gasteiger partial charge in [-0.15, -0.1) is 0 Å². The van der Waals surface area contributed by atoms with Gasteiger partial charge in [-0.1, -0.05) is 32.9 Å². The van der Waals surface area contributed by atoms with Gasteiger partial charge in [0.1, 0.15) is 0 Å². The van der Waals surface area contributed by atoms with Crippen LogP contribution in [-0.4, -0.2) is 35.1 Å². The molecule has 2 atom stereocenters. The molecule has 1 aromatic rings. The van der Waals surface area contributed by atoms with Crippen molar-refractivity contribution in [3.8, 4) is 0 Å².